The molecular weight excluding hydrogens is 681 g/mol. The van der Waals surface area contributed by atoms with Gasteiger partial charge in [0.15, 0.2) is 0 Å². The van der Waals surface area contributed by atoms with Crippen molar-refractivity contribution in [1.29, 1.82) is 0 Å². The number of phenols is 1. The largest absolute Gasteiger partial charge is 0.508 e. The highest BCUT2D eigenvalue weighted by atomic mass is 35.5. The Balaban J connectivity index is 1.35. The molecule has 12 heteroatoms. The first kappa shape index (κ1) is 32.4. The Bertz CT molecular complexity index is 2050. The van der Waals surface area contributed by atoms with Crippen LogP contribution in [-0.4, -0.2) is 52.3 Å². The van der Waals surface area contributed by atoms with Gasteiger partial charge in [0.2, 0.25) is 11.8 Å². The molecule has 3 aromatic carbocycles. The number of aromatic hydroxyl groups is 1. The molecule has 1 saturated carbocycles. The van der Waals surface area contributed by atoms with Crippen molar-refractivity contribution in [2.24, 2.45) is 29.6 Å². The first-order valence-corrected chi connectivity index (χ1v) is 17.3. The summed E-state index contributed by atoms with van der Waals surface area (Å²) in [6.07, 6.45) is 4.43. The third-order valence-corrected chi connectivity index (χ3v) is 11.7. The molecule has 2 N–H and O–H groups in total. The van der Waals surface area contributed by atoms with Crippen molar-refractivity contribution in [1.82, 2.24) is 9.91 Å². The molecule has 10 nitrogen and oxygen atoms in total. The maximum atomic E-state index is 15.4. The number of anilines is 1. The van der Waals surface area contributed by atoms with Gasteiger partial charge in [-0.15, -0.1) is 0 Å². The van der Waals surface area contributed by atoms with E-state index in [1.807, 2.05) is 18.2 Å². The van der Waals surface area contributed by atoms with Gasteiger partial charge in [-0.3, -0.25) is 29.5 Å². The third-order valence-electron chi connectivity index (χ3n) is 11.1. The van der Waals surface area contributed by atoms with Crippen molar-refractivity contribution in [3.63, 3.8) is 0 Å². The summed E-state index contributed by atoms with van der Waals surface area (Å²) in [6, 6.07) is 16.7. The average molecular weight is 715 g/mol. The van der Waals surface area contributed by atoms with E-state index in [4.69, 9.17) is 32.7 Å². The van der Waals surface area contributed by atoms with Crippen molar-refractivity contribution in [2.75, 3.05) is 19.1 Å². The lowest BCUT2D eigenvalue weighted by Gasteiger charge is -2.51. The molecule has 0 aromatic heterocycles. The maximum absolute atomic E-state index is 15.4. The van der Waals surface area contributed by atoms with Gasteiger partial charge < -0.3 is 14.6 Å². The van der Waals surface area contributed by atoms with E-state index in [-0.39, 0.29) is 35.6 Å². The van der Waals surface area contributed by atoms with Gasteiger partial charge in [-0.25, -0.2) is 0 Å². The van der Waals surface area contributed by atoms with E-state index in [1.54, 1.807) is 62.8 Å². The molecule has 3 fully saturated rings. The Morgan fingerprint density at radius 2 is 1.76 bits per heavy atom. The number of amides is 4. The molecule has 2 aliphatic carbocycles. The molecule has 5 aliphatic rings. The summed E-state index contributed by atoms with van der Waals surface area (Å²) in [6.45, 7) is 2.03. The zero-order valence-electron chi connectivity index (χ0n) is 27.2. The predicted octanol–water partition coefficient (Wildman–Crippen LogP) is 6.06. The lowest BCUT2D eigenvalue weighted by atomic mass is 9.48. The molecule has 3 heterocycles. The van der Waals surface area contributed by atoms with E-state index in [0.29, 0.717) is 51.8 Å². The number of hydrogen-bond acceptors (Lipinski definition) is 8. The number of hydrogen-bond donors (Lipinski definition) is 2. The highest BCUT2D eigenvalue weighted by Crippen LogP contribution is 2.63. The molecule has 0 bridgehead atoms. The minimum Gasteiger partial charge on any atom is -0.508 e. The minimum absolute atomic E-state index is 0.0645. The van der Waals surface area contributed by atoms with Crippen LogP contribution in [0.25, 0.3) is 0 Å². The second-order valence-electron chi connectivity index (χ2n) is 13.4. The van der Waals surface area contributed by atoms with E-state index in [2.05, 4.69) is 5.43 Å². The number of fused-ring (bicyclic) bond motifs is 5. The standard InChI is InChI=1S/C38H33Cl2N3O7/c1-3-42-34(45)26-11-10-25-27(32(26)36(42)47)17-28-35(46)43(41-30-12-6-22(39)16-29(30)40)37(48)38(28,21-4-8-24(49-2)9-5-21)33(25)20-14-19-15-23(44)7-13-31(19)50-18-20/h4-10,12-13,15-16,18,26-28,32-33,41,44H,3,11,14,17H2,1-2H3. The van der Waals surface area contributed by atoms with Crippen LogP contribution in [0.5, 0.6) is 17.2 Å². The predicted molar refractivity (Wildman–Crippen MR) is 184 cm³/mol. The molecule has 3 aromatic rings. The molecule has 2 saturated heterocycles. The molecule has 0 spiro atoms. The fourth-order valence-electron chi connectivity index (χ4n) is 9.04. The third kappa shape index (κ3) is 4.61. The SMILES string of the molecule is CCN1C(=O)C2CC=C3C(CC4C(=O)N(Nc5ccc(Cl)cc5Cl)C(=O)C4(c4ccc(OC)cc4)C3C3=COc4ccc(O)cc4C3)C2C1=O. The van der Waals surface area contributed by atoms with E-state index >= 15 is 4.79 Å². The number of imide groups is 2. The molecule has 6 atom stereocenters. The molecule has 4 amide bonds. The highest BCUT2D eigenvalue weighted by molar-refractivity contribution is 6.36. The van der Waals surface area contributed by atoms with Crippen molar-refractivity contribution >= 4 is 52.5 Å². The molecule has 6 unspecified atom stereocenters. The Labute approximate surface area is 298 Å². The number of carbonyl (C=O) groups excluding carboxylic acids is 4. The number of rotatable bonds is 6. The number of methoxy groups -OCH3 is 1. The number of likely N-dealkylation sites (tertiary alicyclic amines) is 1. The summed E-state index contributed by atoms with van der Waals surface area (Å²) in [7, 11) is 1.55. The molecule has 256 valence electrons. The number of benzene rings is 3. The van der Waals surface area contributed by atoms with Crippen molar-refractivity contribution in [2.45, 2.75) is 31.6 Å². The van der Waals surface area contributed by atoms with Gasteiger partial charge in [-0.05, 0) is 85.4 Å². The van der Waals surface area contributed by atoms with E-state index in [9.17, 15) is 19.5 Å². The Morgan fingerprint density at radius 3 is 2.48 bits per heavy atom. The quantitative estimate of drug-likeness (QED) is 0.233. The van der Waals surface area contributed by atoms with Crippen molar-refractivity contribution in [3.8, 4) is 17.2 Å². The molecule has 0 radical (unpaired) electrons. The van der Waals surface area contributed by atoms with Crippen LogP contribution < -0.4 is 14.9 Å². The van der Waals surface area contributed by atoms with Crippen LogP contribution in [-0.2, 0) is 31.0 Å². The van der Waals surface area contributed by atoms with E-state index < -0.39 is 46.8 Å². The lowest BCUT2D eigenvalue weighted by molar-refractivity contribution is -0.141. The smallest absolute Gasteiger partial charge is 0.260 e. The zero-order chi connectivity index (χ0) is 35.1. The highest BCUT2D eigenvalue weighted by Gasteiger charge is 2.70. The maximum Gasteiger partial charge on any atom is 0.260 e. The monoisotopic (exact) mass is 713 g/mol. The first-order chi connectivity index (χ1) is 24.1. The second kappa shape index (κ2) is 11.9. The summed E-state index contributed by atoms with van der Waals surface area (Å²) in [5.41, 5.74) is 4.65. The molecule has 8 rings (SSSR count). The summed E-state index contributed by atoms with van der Waals surface area (Å²) < 4.78 is 11.6. The van der Waals surface area contributed by atoms with Gasteiger partial charge in [0.25, 0.3) is 11.8 Å². The minimum atomic E-state index is -1.50. The first-order valence-electron chi connectivity index (χ1n) is 16.6. The van der Waals surface area contributed by atoms with Crippen LogP contribution in [0.1, 0.15) is 30.9 Å². The number of nitrogens with one attached hydrogen (secondary N) is 1. The Morgan fingerprint density at radius 1 is 0.980 bits per heavy atom. The number of ether oxygens (including phenoxy) is 2. The number of hydrazine groups is 1. The van der Waals surface area contributed by atoms with Crippen molar-refractivity contribution < 1.29 is 33.8 Å². The van der Waals surface area contributed by atoms with Crippen LogP contribution in [0.3, 0.4) is 0 Å². The average Bonchev–Trinajstić information content (AvgIpc) is 3.49. The van der Waals surface area contributed by atoms with Gasteiger partial charge in [-0.1, -0.05) is 47.0 Å². The van der Waals surface area contributed by atoms with Gasteiger partial charge in [0.05, 0.1) is 47.3 Å². The summed E-state index contributed by atoms with van der Waals surface area (Å²) >= 11 is 12.7. The van der Waals surface area contributed by atoms with Crippen LogP contribution in [0, 0.1) is 29.6 Å². The second-order valence-corrected chi connectivity index (χ2v) is 14.3. The number of carbonyl (C=O) groups is 4. The van der Waals surface area contributed by atoms with Gasteiger partial charge in [-0.2, -0.15) is 5.01 Å². The number of halogens is 2. The topological polar surface area (TPSA) is 125 Å². The van der Waals surface area contributed by atoms with Crippen molar-refractivity contribution in [3.05, 3.63) is 105 Å². The van der Waals surface area contributed by atoms with Crippen LogP contribution >= 0.6 is 23.2 Å². The summed E-state index contributed by atoms with van der Waals surface area (Å²) in [4.78, 5) is 58.9. The lowest BCUT2D eigenvalue weighted by Crippen LogP contribution is -2.55. The van der Waals surface area contributed by atoms with E-state index in [0.717, 1.165) is 10.6 Å². The fourth-order valence-corrected chi connectivity index (χ4v) is 9.49. The molecule has 3 aliphatic heterocycles. The van der Waals surface area contributed by atoms with E-state index in [1.165, 1.54) is 11.0 Å². The normalized spacial score (nSPS) is 28.3. The summed E-state index contributed by atoms with van der Waals surface area (Å²) in [5.74, 6) is -3.65. The number of nitrogens with zero attached hydrogens (tertiary/aromatic N) is 2. The van der Waals surface area contributed by atoms with Crippen LogP contribution in [0.15, 0.2) is 84.1 Å². The van der Waals surface area contributed by atoms with Gasteiger partial charge >= 0.3 is 0 Å². The Kier molecular flexibility index (Phi) is 7.72. The van der Waals surface area contributed by atoms with Gasteiger partial charge in [0.1, 0.15) is 17.2 Å². The number of allylic oxidation sites excluding steroid dienone is 3. The number of phenolic OH excluding ortho intramolecular Hbond substituents is 1. The summed E-state index contributed by atoms with van der Waals surface area (Å²) in [5, 5.41) is 12.0. The van der Waals surface area contributed by atoms with Crippen LogP contribution in [0.2, 0.25) is 10.0 Å². The van der Waals surface area contributed by atoms with Crippen LogP contribution in [0.4, 0.5) is 5.69 Å². The van der Waals surface area contributed by atoms with Gasteiger partial charge in [0, 0.05) is 29.5 Å². The Hall–Kier alpha value is -4.80. The zero-order valence-corrected chi connectivity index (χ0v) is 28.7. The fraction of sp³-hybridized carbons (Fsp3) is 0.316. The molecule has 50 heavy (non-hydrogen) atoms. The molecular formula is C38H33Cl2N3O7.